The summed E-state index contributed by atoms with van der Waals surface area (Å²) in [5.41, 5.74) is 8.07. The maximum Gasteiger partial charge on any atom is 0.227 e. The summed E-state index contributed by atoms with van der Waals surface area (Å²) < 4.78 is 18.9. The maximum atomic E-state index is 6.46. The van der Waals surface area contributed by atoms with Crippen molar-refractivity contribution in [1.29, 1.82) is 0 Å². The lowest BCUT2D eigenvalue weighted by Gasteiger charge is -2.26. The Hall–Kier alpha value is -6.59. The third-order valence-electron chi connectivity index (χ3n) is 9.69. The molecule has 224 valence electrons. The fourth-order valence-electron chi connectivity index (χ4n) is 7.48. The normalized spacial score (nSPS) is 12.2. The zero-order valence-electron chi connectivity index (χ0n) is 25.5. The molecular weight excluding hydrogens is 592 g/mol. The number of hydrogen-bond donors (Lipinski definition) is 0. The largest absolute Gasteiger partial charge is 0.456 e. The Labute approximate surface area is 272 Å². The Morgan fingerprint density at radius 3 is 1.65 bits per heavy atom. The Bertz CT molecular complexity index is 2980. The molecule has 0 spiro atoms. The summed E-state index contributed by atoms with van der Waals surface area (Å²) in [5.74, 6) is 0. The zero-order chi connectivity index (χ0) is 31.3. The van der Waals surface area contributed by atoms with Crippen LogP contribution in [0.3, 0.4) is 0 Å². The zero-order valence-corrected chi connectivity index (χ0v) is 25.5. The van der Waals surface area contributed by atoms with Crippen LogP contribution < -0.4 is 4.90 Å². The van der Waals surface area contributed by atoms with Gasteiger partial charge >= 0.3 is 0 Å². The van der Waals surface area contributed by atoms with Crippen molar-refractivity contribution in [3.05, 3.63) is 146 Å². The molecule has 0 aliphatic rings. The Morgan fingerprint density at radius 1 is 0.396 bits per heavy atom. The number of benzene rings is 7. The third kappa shape index (κ3) is 3.58. The number of furan rings is 3. The average Bonchev–Trinajstić information content (AvgIpc) is 3.82. The van der Waals surface area contributed by atoms with Gasteiger partial charge in [-0.1, -0.05) is 60.7 Å². The summed E-state index contributed by atoms with van der Waals surface area (Å²) in [6.07, 6.45) is 1.78. The van der Waals surface area contributed by atoms with E-state index in [0.717, 1.165) is 98.8 Å². The molecule has 0 atom stereocenters. The lowest BCUT2D eigenvalue weighted by Crippen LogP contribution is -2.09. The standard InChI is InChI=1S/C43H24N2O3/c1-3-9-37-30(6-1)35-23-28(16-19-39(35)46-37)45(29-17-20-40-36(24-29)31-7-2-4-10-38(31)47-40)27-15-13-25-11-12-26-14-18-32-33-8-5-21-44-43(33)48-42(32)41(26)34(25)22-27/h1-24H. The number of aromatic nitrogens is 1. The van der Waals surface area contributed by atoms with E-state index in [1.807, 2.05) is 30.3 Å². The van der Waals surface area contributed by atoms with Crippen LogP contribution in [0.4, 0.5) is 17.1 Å². The van der Waals surface area contributed by atoms with Gasteiger partial charge in [-0.3, -0.25) is 0 Å². The molecule has 0 saturated carbocycles. The highest BCUT2D eigenvalue weighted by Gasteiger charge is 2.19. The number of nitrogens with zero attached hydrogens (tertiary/aromatic N) is 2. The van der Waals surface area contributed by atoms with E-state index >= 15 is 0 Å². The number of para-hydroxylation sites is 2. The van der Waals surface area contributed by atoms with Crippen LogP contribution in [-0.2, 0) is 0 Å². The molecule has 0 fully saturated rings. The second kappa shape index (κ2) is 9.47. The van der Waals surface area contributed by atoms with Gasteiger partial charge in [-0.05, 0) is 95.0 Å². The van der Waals surface area contributed by atoms with Crippen LogP contribution in [0.15, 0.2) is 159 Å². The molecule has 4 aromatic heterocycles. The monoisotopic (exact) mass is 616 g/mol. The summed E-state index contributed by atoms with van der Waals surface area (Å²) in [5, 5.41) is 10.9. The highest BCUT2D eigenvalue weighted by molar-refractivity contribution is 6.23. The summed E-state index contributed by atoms with van der Waals surface area (Å²) >= 11 is 0. The summed E-state index contributed by atoms with van der Waals surface area (Å²) in [6, 6.07) is 48.7. The molecule has 7 aromatic carbocycles. The van der Waals surface area contributed by atoms with Gasteiger partial charge in [0.15, 0.2) is 0 Å². The molecule has 4 heterocycles. The lowest BCUT2D eigenvalue weighted by atomic mass is 9.98. The van der Waals surface area contributed by atoms with Crippen LogP contribution in [0.25, 0.3) is 87.5 Å². The Morgan fingerprint density at radius 2 is 0.938 bits per heavy atom. The van der Waals surface area contributed by atoms with E-state index in [-0.39, 0.29) is 0 Å². The van der Waals surface area contributed by atoms with Crippen LogP contribution in [0.5, 0.6) is 0 Å². The van der Waals surface area contributed by atoms with E-state index in [9.17, 15) is 0 Å². The van der Waals surface area contributed by atoms with E-state index < -0.39 is 0 Å². The van der Waals surface area contributed by atoms with Crippen molar-refractivity contribution >= 4 is 105 Å². The predicted octanol–water partition coefficient (Wildman–Crippen LogP) is 12.6. The van der Waals surface area contributed by atoms with Crippen molar-refractivity contribution in [1.82, 2.24) is 4.98 Å². The van der Waals surface area contributed by atoms with Crippen molar-refractivity contribution in [3.63, 3.8) is 0 Å². The molecule has 5 heteroatoms. The smallest absolute Gasteiger partial charge is 0.227 e. The minimum absolute atomic E-state index is 0.649. The third-order valence-corrected chi connectivity index (χ3v) is 9.69. The highest BCUT2D eigenvalue weighted by Crippen LogP contribution is 2.43. The molecule has 0 amide bonds. The molecule has 0 bridgehead atoms. The van der Waals surface area contributed by atoms with E-state index in [1.54, 1.807) is 6.20 Å². The molecule has 0 aliphatic carbocycles. The van der Waals surface area contributed by atoms with Crippen molar-refractivity contribution in [2.45, 2.75) is 0 Å². The molecule has 48 heavy (non-hydrogen) atoms. The van der Waals surface area contributed by atoms with Crippen molar-refractivity contribution in [2.24, 2.45) is 0 Å². The van der Waals surface area contributed by atoms with Crippen molar-refractivity contribution < 1.29 is 13.3 Å². The van der Waals surface area contributed by atoms with E-state index in [2.05, 4.69) is 119 Å². The lowest BCUT2D eigenvalue weighted by molar-refractivity contribution is 0.658. The number of pyridine rings is 1. The second-order valence-electron chi connectivity index (χ2n) is 12.4. The van der Waals surface area contributed by atoms with Crippen molar-refractivity contribution in [3.8, 4) is 0 Å². The van der Waals surface area contributed by atoms with Crippen LogP contribution >= 0.6 is 0 Å². The topological polar surface area (TPSA) is 55.6 Å². The Balaban J connectivity index is 1.21. The highest BCUT2D eigenvalue weighted by atomic mass is 16.3. The van der Waals surface area contributed by atoms with Gasteiger partial charge in [0.25, 0.3) is 0 Å². The van der Waals surface area contributed by atoms with Gasteiger partial charge in [-0.15, -0.1) is 0 Å². The molecule has 11 rings (SSSR count). The van der Waals surface area contributed by atoms with Crippen LogP contribution in [0.1, 0.15) is 0 Å². The first-order valence-corrected chi connectivity index (χ1v) is 16.0. The van der Waals surface area contributed by atoms with E-state index in [4.69, 9.17) is 13.3 Å². The number of fused-ring (bicyclic) bond motifs is 13. The van der Waals surface area contributed by atoms with Crippen molar-refractivity contribution in [2.75, 3.05) is 4.90 Å². The molecule has 0 unspecified atom stereocenters. The van der Waals surface area contributed by atoms with Crippen LogP contribution in [0, 0.1) is 0 Å². The Kier molecular flexibility index (Phi) is 5.05. The second-order valence-corrected chi connectivity index (χ2v) is 12.4. The molecule has 5 nitrogen and oxygen atoms in total. The molecular formula is C43H24N2O3. The van der Waals surface area contributed by atoms with Crippen LogP contribution in [0.2, 0.25) is 0 Å². The average molecular weight is 617 g/mol. The van der Waals surface area contributed by atoms with Gasteiger partial charge < -0.3 is 18.2 Å². The minimum Gasteiger partial charge on any atom is -0.456 e. The predicted molar refractivity (Wildman–Crippen MR) is 196 cm³/mol. The number of rotatable bonds is 3. The van der Waals surface area contributed by atoms with Gasteiger partial charge in [0.2, 0.25) is 5.71 Å². The molecule has 11 aromatic rings. The molecule has 0 radical (unpaired) electrons. The molecule has 0 saturated heterocycles. The summed E-state index contributed by atoms with van der Waals surface area (Å²) in [6.45, 7) is 0. The first-order valence-electron chi connectivity index (χ1n) is 16.0. The molecule has 0 N–H and O–H groups in total. The van der Waals surface area contributed by atoms with Gasteiger partial charge in [0, 0.05) is 61.0 Å². The maximum absolute atomic E-state index is 6.46. The van der Waals surface area contributed by atoms with E-state index in [0.29, 0.717) is 5.71 Å². The fourth-order valence-corrected chi connectivity index (χ4v) is 7.48. The van der Waals surface area contributed by atoms with Gasteiger partial charge in [0.1, 0.15) is 27.9 Å². The summed E-state index contributed by atoms with van der Waals surface area (Å²) in [7, 11) is 0. The fraction of sp³-hybridized carbons (Fsp3) is 0. The number of hydrogen-bond acceptors (Lipinski definition) is 5. The van der Waals surface area contributed by atoms with E-state index in [1.165, 1.54) is 0 Å². The first-order chi connectivity index (χ1) is 23.8. The minimum atomic E-state index is 0.649. The van der Waals surface area contributed by atoms with Gasteiger partial charge in [-0.25, -0.2) is 4.98 Å². The van der Waals surface area contributed by atoms with Crippen LogP contribution in [-0.4, -0.2) is 4.98 Å². The number of anilines is 3. The van der Waals surface area contributed by atoms with Gasteiger partial charge in [-0.2, -0.15) is 0 Å². The SMILES string of the molecule is c1ccc2c(c1)oc1ccc(N(c3ccc4oc5ccccc5c4c3)c3ccc4ccc5ccc6c7cccnc7oc6c5c4c3)cc12. The molecule has 0 aliphatic heterocycles. The first kappa shape index (κ1) is 25.6. The van der Waals surface area contributed by atoms with Gasteiger partial charge in [0.05, 0.1) is 0 Å². The summed E-state index contributed by atoms with van der Waals surface area (Å²) in [4.78, 5) is 6.84. The quantitative estimate of drug-likeness (QED) is 0.185.